The number of allylic oxidation sites excluding steroid dienone is 3. The third kappa shape index (κ3) is 1.50. The molecule has 1 heteroatoms. The van der Waals surface area contributed by atoms with Crippen molar-refractivity contribution < 1.29 is 4.79 Å². The number of carbonyl (C=O) groups is 1. The second-order valence-electron chi connectivity index (χ2n) is 4.94. The van der Waals surface area contributed by atoms with Gasteiger partial charge in [0.05, 0.1) is 5.41 Å². The molecule has 1 aromatic rings. The first-order valence-corrected chi connectivity index (χ1v) is 6.56. The monoisotopic (exact) mass is 240 g/mol. The zero-order chi connectivity index (χ0) is 13.3. The first-order chi connectivity index (χ1) is 8.59. The second kappa shape index (κ2) is 4.56. The number of carbonyl (C=O) groups excluding carboxylic acids is 1. The van der Waals surface area contributed by atoms with E-state index in [9.17, 15) is 4.79 Å². The fraction of sp³-hybridized carbons (Fsp3) is 0.353. The van der Waals surface area contributed by atoms with Crippen molar-refractivity contribution in [2.24, 2.45) is 0 Å². The van der Waals surface area contributed by atoms with Crippen molar-refractivity contribution in [3.63, 3.8) is 0 Å². The molecular weight excluding hydrogens is 220 g/mol. The molecule has 0 aromatic heterocycles. The Kier molecular flexibility index (Phi) is 3.25. The van der Waals surface area contributed by atoms with Crippen LogP contribution in [0.25, 0.3) is 5.57 Å². The predicted octanol–water partition coefficient (Wildman–Crippen LogP) is 4.29. The molecule has 1 unspecified atom stereocenters. The van der Waals surface area contributed by atoms with Crippen LogP contribution >= 0.6 is 0 Å². The van der Waals surface area contributed by atoms with Crippen LogP contribution in [0.4, 0.5) is 0 Å². The average molecular weight is 240 g/mol. The van der Waals surface area contributed by atoms with E-state index in [0.29, 0.717) is 0 Å². The van der Waals surface area contributed by atoms with Crippen molar-refractivity contribution in [1.29, 1.82) is 0 Å². The molecular formula is C17H20O. The summed E-state index contributed by atoms with van der Waals surface area (Å²) in [5, 5.41) is 0. The molecule has 0 bridgehead atoms. The zero-order valence-corrected chi connectivity index (χ0v) is 11.4. The molecule has 1 aliphatic rings. The Morgan fingerprint density at radius 1 is 1.39 bits per heavy atom. The molecule has 0 fully saturated rings. The molecule has 0 amide bonds. The van der Waals surface area contributed by atoms with Gasteiger partial charge in [-0.3, -0.25) is 4.79 Å². The van der Waals surface area contributed by atoms with E-state index in [4.69, 9.17) is 0 Å². The van der Waals surface area contributed by atoms with E-state index in [-0.39, 0.29) is 5.78 Å². The van der Waals surface area contributed by atoms with Crippen LogP contribution in [0, 0.1) is 0 Å². The number of Topliss-reactive ketones (excluding diaryl/α,β-unsaturated/α-hetero) is 1. The molecule has 1 nitrogen and oxygen atoms in total. The minimum Gasteiger partial charge on any atom is -0.299 e. The molecule has 1 atom stereocenters. The third-order valence-corrected chi connectivity index (χ3v) is 4.01. The highest BCUT2D eigenvalue weighted by molar-refractivity contribution is 6.04. The van der Waals surface area contributed by atoms with Crippen LogP contribution in [-0.4, -0.2) is 5.78 Å². The van der Waals surface area contributed by atoms with Gasteiger partial charge in [-0.2, -0.15) is 0 Å². The Labute approximate surface area is 109 Å². The van der Waals surface area contributed by atoms with Crippen molar-refractivity contribution in [2.45, 2.75) is 39.0 Å². The Hall–Kier alpha value is -1.63. The smallest absolute Gasteiger partial charge is 0.144 e. The van der Waals surface area contributed by atoms with Crippen LogP contribution in [0.5, 0.6) is 0 Å². The predicted molar refractivity (Wildman–Crippen MR) is 76.5 cm³/mol. The molecule has 0 heterocycles. The molecule has 0 saturated heterocycles. The van der Waals surface area contributed by atoms with Crippen LogP contribution in [0.3, 0.4) is 0 Å². The van der Waals surface area contributed by atoms with Crippen LogP contribution in [-0.2, 0) is 10.2 Å². The van der Waals surface area contributed by atoms with Gasteiger partial charge in [0.15, 0.2) is 0 Å². The van der Waals surface area contributed by atoms with Crippen LogP contribution in [0.2, 0.25) is 0 Å². The van der Waals surface area contributed by atoms with E-state index in [2.05, 4.69) is 31.7 Å². The molecule has 0 aliphatic heterocycles. The SMILES string of the molecule is C=C1/C(=C\C)C(CCC)(C(C)=O)c2ccccc21. The number of hydrogen-bond acceptors (Lipinski definition) is 1. The summed E-state index contributed by atoms with van der Waals surface area (Å²) in [6.07, 6.45) is 3.90. The molecule has 0 N–H and O–H groups in total. The van der Waals surface area contributed by atoms with Crippen molar-refractivity contribution in [3.8, 4) is 0 Å². The highest BCUT2D eigenvalue weighted by Crippen LogP contribution is 2.52. The molecule has 94 valence electrons. The Morgan fingerprint density at radius 2 is 2.06 bits per heavy atom. The summed E-state index contributed by atoms with van der Waals surface area (Å²) in [4.78, 5) is 12.4. The lowest BCUT2D eigenvalue weighted by atomic mass is 9.71. The van der Waals surface area contributed by atoms with Gasteiger partial charge in [-0.15, -0.1) is 0 Å². The van der Waals surface area contributed by atoms with Crippen LogP contribution < -0.4 is 0 Å². The van der Waals surface area contributed by atoms with E-state index < -0.39 is 5.41 Å². The topological polar surface area (TPSA) is 17.1 Å². The maximum absolute atomic E-state index is 12.4. The summed E-state index contributed by atoms with van der Waals surface area (Å²) in [7, 11) is 0. The molecule has 0 spiro atoms. The maximum atomic E-state index is 12.4. The quantitative estimate of drug-likeness (QED) is 0.770. The summed E-state index contributed by atoms with van der Waals surface area (Å²) in [6, 6.07) is 8.17. The fourth-order valence-corrected chi connectivity index (χ4v) is 3.29. The lowest BCUT2D eigenvalue weighted by molar-refractivity contribution is -0.121. The lowest BCUT2D eigenvalue weighted by Gasteiger charge is -2.29. The van der Waals surface area contributed by atoms with Crippen LogP contribution in [0.1, 0.15) is 44.7 Å². The number of rotatable bonds is 3. The number of benzene rings is 1. The summed E-state index contributed by atoms with van der Waals surface area (Å²) < 4.78 is 0. The number of fused-ring (bicyclic) bond motifs is 1. The van der Waals surface area contributed by atoms with Gasteiger partial charge < -0.3 is 0 Å². The molecule has 1 aromatic carbocycles. The average Bonchev–Trinajstić information content (AvgIpc) is 2.61. The van der Waals surface area contributed by atoms with Gasteiger partial charge in [0, 0.05) is 0 Å². The molecule has 2 rings (SSSR count). The lowest BCUT2D eigenvalue weighted by Crippen LogP contribution is -2.33. The Morgan fingerprint density at radius 3 is 2.61 bits per heavy atom. The van der Waals surface area contributed by atoms with Crippen molar-refractivity contribution in [2.75, 3.05) is 0 Å². The van der Waals surface area contributed by atoms with Gasteiger partial charge in [-0.05, 0) is 42.5 Å². The largest absolute Gasteiger partial charge is 0.299 e. The summed E-state index contributed by atoms with van der Waals surface area (Å²) in [5.74, 6) is 0.226. The Bertz CT molecular complexity index is 536. The molecule has 0 radical (unpaired) electrons. The summed E-state index contributed by atoms with van der Waals surface area (Å²) in [5.41, 5.74) is 3.92. The van der Waals surface area contributed by atoms with Gasteiger partial charge in [0.2, 0.25) is 0 Å². The minimum atomic E-state index is -0.461. The number of ketones is 1. The second-order valence-corrected chi connectivity index (χ2v) is 4.94. The van der Waals surface area contributed by atoms with E-state index in [1.807, 2.05) is 19.1 Å². The van der Waals surface area contributed by atoms with Gasteiger partial charge >= 0.3 is 0 Å². The Balaban J connectivity index is 2.77. The van der Waals surface area contributed by atoms with Gasteiger partial charge in [-0.25, -0.2) is 0 Å². The van der Waals surface area contributed by atoms with Crippen molar-refractivity contribution in [3.05, 3.63) is 53.6 Å². The molecule has 0 saturated carbocycles. The van der Waals surface area contributed by atoms with Gasteiger partial charge in [0.25, 0.3) is 0 Å². The molecule has 18 heavy (non-hydrogen) atoms. The van der Waals surface area contributed by atoms with Crippen molar-refractivity contribution >= 4 is 11.4 Å². The highest BCUT2D eigenvalue weighted by Gasteiger charge is 2.47. The van der Waals surface area contributed by atoms with Crippen LogP contribution in [0.15, 0.2) is 42.5 Å². The van der Waals surface area contributed by atoms with Gasteiger partial charge in [-0.1, -0.05) is 50.3 Å². The number of hydrogen-bond donors (Lipinski definition) is 0. The normalized spacial score (nSPS) is 24.4. The summed E-state index contributed by atoms with van der Waals surface area (Å²) >= 11 is 0. The summed E-state index contributed by atoms with van der Waals surface area (Å²) in [6.45, 7) is 10.0. The van der Waals surface area contributed by atoms with Crippen molar-refractivity contribution in [1.82, 2.24) is 0 Å². The standard InChI is InChI=1S/C17H20O/c1-5-11-17(13(4)18)15(6-2)12(3)14-9-7-8-10-16(14)17/h6-10H,3,5,11H2,1-2,4H3/b15-6+. The molecule has 1 aliphatic carbocycles. The van der Waals surface area contributed by atoms with E-state index in [1.54, 1.807) is 6.92 Å². The first kappa shape index (κ1) is 12.8. The van der Waals surface area contributed by atoms with Gasteiger partial charge in [0.1, 0.15) is 5.78 Å². The van der Waals surface area contributed by atoms with E-state index in [0.717, 1.165) is 35.1 Å². The highest BCUT2D eigenvalue weighted by atomic mass is 16.1. The zero-order valence-electron chi connectivity index (χ0n) is 11.4. The maximum Gasteiger partial charge on any atom is 0.144 e. The van der Waals surface area contributed by atoms with E-state index >= 15 is 0 Å². The minimum absolute atomic E-state index is 0.226. The fourth-order valence-electron chi connectivity index (χ4n) is 3.29. The first-order valence-electron chi connectivity index (χ1n) is 6.56. The van der Waals surface area contributed by atoms with E-state index in [1.165, 1.54) is 0 Å². The third-order valence-electron chi connectivity index (χ3n) is 4.01.